The van der Waals surface area contributed by atoms with E-state index in [1.165, 1.54) is 0 Å². The van der Waals surface area contributed by atoms with Crippen LogP contribution in [0.2, 0.25) is 0 Å². The number of para-hydroxylation sites is 1. The molecule has 1 aliphatic rings. The number of nitrogens with one attached hydrogen (secondary N) is 1. The maximum absolute atomic E-state index is 11.7. The number of hydrogen-bond acceptors (Lipinski definition) is 3. The lowest BCUT2D eigenvalue weighted by molar-refractivity contribution is -0.124. The number of ketones is 1. The van der Waals surface area contributed by atoms with Crippen LogP contribution in [0.5, 0.6) is 5.75 Å². The molecule has 3 heteroatoms. The minimum Gasteiger partial charge on any atom is -0.496 e. The van der Waals surface area contributed by atoms with Gasteiger partial charge in [-0.3, -0.25) is 4.79 Å². The molecule has 0 aromatic heterocycles. The Morgan fingerprint density at radius 2 is 2.18 bits per heavy atom. The van der Waals surface area contributed by atoms with E-state index in [2.05, 4.69) is 11.4 Å². The van der Waals surface area contributed by atoms with Gasteiger partial charge in [-0.15, -0.1) is 0 Å². The van der Waals surface area contributed by atoms with Crippen molar-refractivity contribution in [2.75, 3.05) is 13.7 Å². The van der Waals surface area contributed by atoms with Crippen molar-refractivity contribution < 1.29 is 9.53 Å². The van der Waals surface area contributed by atoms with Crippen molar-refractivity contribution in [3.8, 4) is 5.75 Å². The van der Waals surface area contributed by atoms with Crippen molar-refractivity contribution >= 4 is 5.78 Å². The summed E-state index contributed by atoms with van der Waals surface area (Å²) < 4.78 is 5.34. The molecule has 3 nitrogen and oxygen atoms in total. The summed E-state index contributed by atoms with van der Waals surface area (Å²) >= 11 is 0. The van der Waals surface area contributed by atoms with E-state index in [-0.39, 0.29) is 12.0 Å². The summed E-state index contributed by atoms with van der Waals surface area (Å²) in [5, 5.41) is 3.42. The second-order valence-corrected chi connectivity index (χ2v) is 4.58. The predicted molar refractivity (Wildman–Crippen MR) is 67.3 cm³/mol. The molecule has 1 aliphatic heterocycles. The van der Waals surface area contributed by atoms with E-state index < -0.39 is 0 Å². The minimum atomic E-state index is 0.0914. The molecule has 1 aromatic rings. The highest BCUT2D eigenvalue weighted by Gasteiger charge is 2.28. The van der Waals surface area contributed by atoms with Gasteiger partial charge in [0.2, 0.25) is 0 Å². The standard InChI is InChI=1S/C14H19NO2/c1-10-12(15-8-7-13(10)16)9-11-5-3-4-6-14(11)17-2/h3-6,10,12,15H,7-9H2,1-2H3. The third kappa shape index (κ3) is 2.67. The van der Waals surface area contributed by atoms with Crippen molar-refractivity contribution in [2.45, 2.75) is 25.8 Å². The molecule has 1 heterocycles. The summed E-state index contributed by atoms with van der Waals surface area (Å²) in [6, 6.07) is 8.22. The van der Waals surface area contributed by atoms with Gasteiger partial charge in [0, 0.05) is 24.9 Å². The summed E-state index contributed by atoms with van der Waals surface area (Å²) in [4.78, 5) is 11.7. The molecule has 2 unspecified atom stereocenters. The van der Waals surface area contributed by atoms with Gasteiger partial charge < -0.3 is 10.1 Å². The molecule has 1 saturated heterocycles. The lowest BCUT2D eigenvalue weighted by atomic mass is 9.87. The molecular formula is C14H19NO2. The normalized spacial score (nSPS) is 24.7. The van der Waals surface area contributed by atoms with E-state index >= 15 is 0 Å². The number of carbonyl (C=O) groups is 1. The number of benzene rings is 1. The summed E-state index contributed by atoms with van der Waals surface area (Å²) in [6.07, 6.45) is 1.50. The number of hydrogen-bond donors (Lipinski definition) is 1. The number of carbonyl (C=O) groups excluding carboxylic acids is 1. The Balaban J connectivity index is 2.12. The SMILES string of the molecule is COc1ccccc1CC1NCCC(=O)C1C. The number of rotatable bonds is 3. The molecule has 1 aromatic carbocycles. The topological polar surface area (TPSA) is 38.3 Å². The monoisotopic (exact) mass is 233 g/mol. The summed E-state index contributed by atoms with van der Waals surface area (Å²) in [7, 11) is 1.68. The highest BCUT2D eigenvalue weighted by atomic mass is 16.5. The van der Waals surface area contributed by atoms with Gasteiger partial charge in [-0.25, -0.2) is 0 Å². The first-order valence-electron chi connectivity index (χ1n) is 6.10. The summed E-state index contributed by atoms with van der Waals surface area (Å²) in [5.41, 5.74) is 1.16. The van der Waals surface area contributed by atoms with Crippen LogP contribution in [-0.2, 0) is 11.2 Å². The molecule has 0 bridgehead atoms. The number of ether oxygens (including phenoxy) is 1. The van der Waals surface area contributed by atoms with Crippen LogP contribution in [0.15, 0.2) is 24.3 Å². The fraction of sp³-hybridized carbons (Fsp3) is 0.500. The van der Waals surface area contributed by atoms with E-state index in [4.69, 9.17) is 4.74 Å². The zero-order chi connectivity index (χ0) is 12.3. The van der Waals surface area contributed by atoms with Crippen LogP contribution in [0.25, 0.3) is 0 Å². The Morgan fingerprint density at radius 3 is 2.94 bits per heavy atom. The molecule has 17 heavy (non-hydrogen) atoms. The van der Waals surface area contributed by atoms with Gasteiger partial charge in [0.05, 0.1) is 7.11 Å². The second kappa shape index (κ2) is 5.32. The number of methoxy groups -OCH3 is 1. The molecule has 0 saturated carbocycles. The average Bonchev–Trinajstić information content (AvgIpc) is 2.35. The zero-order valence-electron chi connectivity index (χ0n) is 10.4. The average molecular weight is 233 g/mol. The van der Waals surface area contributed by atoms with Gasteiger partial charge in [0.15, 0.2) is 0 Å². The largest absolute Gasteiger partial charge is 0.496 e. The molecule has 1 N–H and O–H groups in total. The lowest BCUT2D eigenvalue weighted by Gasteiger charge is -2.29. The smallest absolute Gasteiger partial charge is 0.138 e. The molecular weight excluding hydrogens is 214 g/mol. The maximum atomic E-state index is 11.7. The van der Waals surface area contributed by atoms with Crippen LogP contribution in [0, 0.1) is 5.92 Å². The van der Waals surface area contributed by atoms with Gasteiger partial charge in [0.25, 0.3) is 0 Å². The lowest BCUT2D eigenvalue weighted by Crippen LogP contribution is -2.46. The van der Waals surface area contributed by atoms with E-state index in [1.54, 1.807) is 7.11 Å². The summed E-state index contributed by atoms with van der Waals surface area (Å²) in [6.45, 7) is 2.80. The number of piperidine rings is 1. The predicted octanol–water partition coefficient (Wildman–Crippen LogP) is 1.80. The van der Waals surface area contributed by atoms with Crippen LogP contribution in [-0.4, -0.2) is 25.5 Å². The van der Waals surface area contributed by atoms with Crippen molar-refractivity contribution in [2.24, 2.45) is 5.92 Å². The number of Topliss-reactive ketones (excluding diaryl/α,β-unsaturated/α-hetero) is 1. The first kappa shape index (κ1) is 12.1. The Hall–Kier alpha value is -1.35. The molecule has 0 radical (unpaired) electrons. The van der Waals surface area contributed by atoms with E-state index in [0.29, 0.717) is 12.2 Å². The van der Waals surface area contributed by atoms with Gasteiger partial charge in [-0.1, -0.05) is 25.1 Å². The maximum Gasteiger partial charge on any atom is 0.138 e. The molecule has 2 atom stereocenters. The second-order valence-electron chi connectivity index (χ2n) is 4.58. The Kier molecular flexibility index (Phi) is 3.79. The van der Waals surface area contributed by atoms with Crippen molar-refractivity contribution in [3.63, 3.8) is 0 Å². The molecule has 0 amide bonds. The quantitative estimate of drug-likeness (QED) is 0.865. The van der Waals surface area contributed by atoms with Crippen LogP contribution >= 0.6 is 0 Å². The van der Waals surface area contributed by atoms with Crippen LogP contribution < -0.4 is 10.1 Å². The fourth-order valence-corrected chi connectivity index (χ4v) is 2.37. The van der Waals surface area contributed by atoms with Gasteiger partial charge >= 0.3 is 0 Å². The van der Waals surface area contributed by atoms with Crippen molar-refractivity contribution in [3.05, 3.63) is 29.8 Å². The Bertz CT molecular complexity index is 403. The first-order chi connectivity index (χ1) is 8.22. The van der Waals surface area contributed by atoms with Crippen LogP contribution in [0.3, 0.4) is 0 Å². The highest BCUT2D eigenvalue weighted by Crippen LogP contribution is 2.23. The van der Waals surface area contributed by atoms with E-state index in [0.717, 1.165) is 24.3 Å². The molecule has 0 aliphatic carbocycles. The summed E-state index contributed by atoms with van der Waals surface area (Å²) in [5.74, 6) is 1.36. The van der Waals surface area contributed by atoms with Crippen LogP contribution in [0.4, 0.5) is 0 Å². The molecule has 2 rings (SSSR count). The molecule has 92 valence electrons. The molecule has 0 spiro atoms. The zero-order valence-corrected chi connectivity index (χ0v) is 10.4. The highest BCUT2D eigenvalue weighted by molar-refractivity contribution is 5.82. The van der Waals surface area contributed by atoms with E-state index in [9.17, 15) is 4.79 Å². The van der Waals surface area contributed by atoms with Gasteiger partial charge in [0.1, 0.15) is 11.5 Å². The minimum absolute atomic E-state index is 0.0914. The van der Waals surface area contributed by atoms with Crippen molar-refractivity contribution in [1.29, 1.82) is 0 Å². The molecule has 1 fully saturated rings. The van der Waals surface area contributed by atoms with Crippen molar-refractivity contribution in [1.82, 2.24) is 5.32 Å². The van der Waals surface area contributed by atoms with E-state index in [1.807, 2.05) is 25.1 Å². The Morgan fingerprint density at radius 1 is 1.41 bits per heavy atom. The van der Waals surface area contributed by atoms with Gasteiger partial charge in [-0.05, 0) is 18.1 Å². The fourth-order valence-electron chi connectivity index (χ4n) is 2.37. The first-order valence-corrected chi connectivity index (χ1v) is 6.10. The Labute approximate surface area is 102 Å². The van der Waals surface area contributed by atoms with Gasteiger partial charge in [-0.2, -0.15) is 0 Å². The third-order valence-corrected chi connectivity index (χ3v) is 3.52. The van der Waals surface area contributed by atoms with Crippen LogP contribution in [0.1, 0.15) is 18.9 Å². The third-order valence-electron chi connectivity index (χ3n) is 3.52.